The Balaban J connectivity index is 1.90. The average molecular weight is 500 g/mol. The van der Waals surface area contributed by atoms with Gasteiger partial charge in [0.2, 0.25) is 5.91 Å². The Bertz CT molecular complexity index is 991. The van der Waals surface area contributed by atoms with Crippen LogP contribution in [0.4, 0.5) is 9.59 Å². The molecule has 2 atom stereocenters. The lowest BCUT2D eigenvalue weighted by molar-refractivity contribution is -0.124. The zero-order valence-electron chi connectivity index (χ0n) is 21.6. The predicted molar refractivity (Wildman–Crippen MR) is 137 cm³/mol. The van der Waals surface area contributed by atoms with Crippen LogP contribution in [-0.2, 0) is 20.9 Å². The van der Waals surface area contributed by atoms with Gasteiger partial charge >= 0.3 is 12.2 Å². The van der Waals surface area contributed by atoms with Crippen LogP contribution in [-0.4, -0.2) is 43.4 Å². The largest absolute Gasteiger partial charge is 0.497 e. The molecule has 0 unspecified atom stereocenters. The van der Waals surface area contributed by atoms with Crippen LogP contribution < -0.4 is 20.7 Å². The number of alkyl carbamates (subject to hydrolysis) is 2. The van der Waals surface area contributed by atoms with E-state index in [4.69, 9.17) is 14.2 Å². The van der Waals surface area contributed by atoms with Crippen molar-refractivity contribution in [1.82, 2.24) is 16.0 Å². The minimum Gasteiger partial charge on any atom is -0.497 e. The van der Waals surface area contributed by atoms with Crippen molar-refractivity contribution < 1.29 is 28.6 Å². The molecule has 9 nitrogen and oxygen atoms in total. The summed E-state index contributed by atoms with van der Waals surface area (Å²) in [7, 11) is 1.58. The normalized spacial score (nSPS) is 12.6. The van der Waals surface area contributed by atoms with E-state index in [1.807, 2.05) is 61.5 Å². The predicted octanol–water partition coefficient (Wildman–Crippen LogP) is 4.47. The highest BCUT2D eigenvalue weighted by atomic mass is 16.6. The average Bonchev–Trinajstić information content (AvgIpc) is 2.84. The number of benzene rings is 2. The second-order valence-corrected chi connectivity index (χ2v) is 9.34. The molecule has 0 radical (unpaired) electrons. The first-order chi connectivity index (χ1) is 17.1. The number of hydrogen-bond donors (Lipinski definition) is 3. The Morgan fingerprint density at radius 2 is 1.67 bits per heavy atom. The number of carbonyl (C=O) groups excluding carboxylic acids is 3. The number of methoxy groups -OCH3 is 1. The van der Waals surface area contributed by atoms with Gasteiger partial charge in [-0.3, -0.25) is 4.79 Å². The van der Waals surface area contributed by atoms with Crippen LogP contribution in [0.25, 0.3) is 0 Å². The molecule has 196 valence electrons. The maximum atomic E-state index is 13.0. The van der Waals surface area contributed by atoms with E-state index < -0.39 is 23.8 Å². The third kappa shape index (κ3) is 10.7. The summed E-state index contributed by atoms with van der Waals surface area (Å²) in [6, 6.07) is 15.6. The first-order valence-electron chi connectivity index (χ1n) is 12.0. The van der Waals surface area contributed by atoms with Crippen LogP contribution in [0.5, 0.6) is 5.75 Å². The molecule has 3 N–H and O–H groups in total. The monoisotopic (exact) mass is 499 g/mol. The summed E-state index contributed by atoms with van der Waals surface area (Å²) in [5.74, 6) is 0.324. The molecule has 0 aromatic heterocycles. The first-order valence-corrected chi connectivity index (χ1v) is 12.0. The van der Waals surface area contributed by atoms with Crippen molar-refractivity contribution in [3.63, 3.8) is 0 Å². The fourth-order valence-corrected chi connectivity index (χ4v) is 3.30. The fraction of sp³-hybridized carbons (Fsp3) is 0.444. The Labute approximate surface area is 212 Å². The Kier molecular flexibility index (Phi) is 11.1. The molecular weight excluding hydrogens is 462 g/mol. The zero-order valence-corrected chi connectivity index (χ0v) is 21.6. The molecule has 0 aliphatic rings. The fourth-order valence-electron chi connectivity index (χ4n) is 3.30. The van der Waals surface area contributed by atoms with Crippen LogP contribution in [0.2, 0.25) is 0 Å². The van der Waals surface area contributed by atoms with Crippen molar-refractivity contribution in [2.24, 2.45) is 0 Å². The summed E-state index contributed by atoms with van der Waals surface area (Å²) in [6.45, 7) is 7.53. The number of ether oxygens (including phenoxy) is 3. The van der Waals surface area contributed by atoms with Crippen molar-refractivity contribution in [3.05, 3.63) is 65.7 Å². The summed E-state index contributed by atoms with van der Waals surface area (Å²) in [5.41, 5.74) is 1.04. The van der Waals surface area contributed by atoms with Crippen molar-refractivity contribution >= 4 is 18.1 Å². The van der Waals surface area contributed by atoms with Crippen LogP contribution in [0.3, 0.4) is 0 Å². The molecule has 0 spiro atoms. The molecular formula is C27H37N3O6. The van der Waals surface area contributed by atoms with Crippen LogP contribution in [0.15, 0.2) is 54.6 Å². The third-order valence-electron chi connectivity index (χ3n) is 5.11. The molecule has 0 fully saturated rings. The highest BCUT2D eigenvalue weighted by Gasteiger charge is 2.25. The molecule has 0 heterocycles. The lowest BCUT2D eigenvalue weighted by atomic mass is 10.1. The Hall–Kier alpha value is -3.75. The molecule has 2 aromatic carbocycles. The van der Waals surface area contributed by atoms with Crippen molar-refractivity contribution in [2.75, 3.05) is 13.7 Å². The number of nitrogens with one attached hydrogen (secondary N) is 3. The lowest BCUT2D eigenvalue weighted by Gasteiger charge is -2.24. The van der Waals surface area contributed by atoms with Gasteiger partial charge in [-0.15, -0.1) is 0 Å². The molecule has 9 heteroatoms. The van der Waals surface area contributed by atoms with Gasteiger partial charge in [0.05, 0.1) is 13.2 Å². The molecule has 0 aliphatic heterocycles. The second-order valence-electron chi connectivity index (χ2n) is 9.34. The quantitative estimate of drug-likeness (QED) is 0.393. The van der Waals surface area contributed by atoms with Gasteiger partial charge in [0.15, 0.2) is 0 Å². The molecule has 2 rings (SSSR count). The van der Waals surface area contributed by atoms with E-state index in [0.717, 1.165) is 11.1 Å². The molecule has 0 bridgehead atoms. The standard InChI is InChI=1S/C27H37N3O6/c1-19(21-13-9-14-22(17-21)34-5)29-24(31)23(30-26(33)36-27(2,3)4)15-10-16-28-25(32)35-18-20-11-7-6-8-12-20/h6-9,11-14,17,19,23H,10,15-16,18H2,1-5H3,(H,28,32)(H,29,31)(H,30,33)/t19-,23-/m1/s1. The number of carbonyl (C=O) groups is 3. The van der Waals surface area contributed by atoms with Gasteiger partial charge in [0.25, 0.3) is 0 Å². The van der Waals surface area contributed by atoms with E-state index >= 15 is 0 Å². The molecule has 3 amide bonds. The third-order valence-corrected chi connectivity index (χ3v) is 5.11. The van der Waals surface area contributed by atoms with Crippen LogP contribution >= 0.6 is 0 Å². The lowest BCUT2D eigenvalue weighted by Crippen LogP contribution is -2.49. The summed E-state index contributed by atoms with van der Waals surface area (Å²) in [5, 5.41) is 8.24. The molecule has 2 aromatic rings. The van der Waals surface area contributed by atoms with Gasteiger partial charge in [-0.2, -0.15) is 0 Å². The van der Waals surface area contributed by atoms with E-state index in [-0.39, 0.29) is 31.5 Å². The molecule has 36 heavy (non-hydrogen) atoms. The van der Waals surface area contributed by atoms with Crippen LogP contribution in [0, 0.1) is 0 Å². The maximum Gasteiger partial charge on any atom is 0.408 e. The summed E-state index contributed by atoms with van der Waals surface area (Å²) >= 11 is 0. The van der Waals surface area contributed by atoms with Gasteiger partial charge in [0, 0.05) is 6.54 Å². The van der Waals surface area contributed by atoms with Crippen molar-refractivity contribution in [2.45, 2.75) is 64.8 Å². The van der Waals surface area contributed by atoms with Gasteiger partial charge in [0.1, 0.15) is 24.0 Å². The van der Waals surface area contributed by atoms with E-state index in [1.165, 1.54) is 0 Å². The SMILES string of the molecule is COc1cccc([C@@H](C)NC(=O)[C@@H](CCCNC(=O)OCc2ccccc2)NC(=O)OC(C)(C)C)c1. The number of amides is 3. The summed E-state index contributed by atoms with van der Waals surface area (Å²) in [4.78, 5) is 37.4. The Morgan fingerprint density at radius 1 is 0.944 bits per heavy atom. The maximum absolute atomic E-state index is 13.0. The number of rotatable bonds is 11. The van der Waals surface area contributed by atoms with E-state index in [1.54, 1.807) is 27.9 Å². The van der Waals surface area contributed by atoms with E-state index in [9.17, 15) is 14.4 Å². The summed E-state index contributed by atoms with van der Waals surface area (Å²) in [6.07, 6.45) is -0.519. The second kappa shape index (κ2) is 14.0. The highest BCUT2D eigenvalue weighted by Crippen LogP contribution is 2.19. The van der Waals surface area contributed by atoms with Gasteiger partial charge in [-0.1, -0.05) is 42.5 Å². The molecule has 0 saturated carbocycles. The van der Waals surface area contributed by atoms with E-state index in [0.29, 0.717) is 12.2 Å². The topological polar surface area (TPSA) is 115 Å². The smallest absolute Gasteiger partial charge is 0.408 e. The molecule has 0 aliphatic carbocycles. The summed E-state index contributed by atoms with van der Waals surface area (Å²) < 4.78 is 15.8. The van der Waals surface area contributed by atoms with Crippen molar-refractivity contribution in [3.8, 4) is 5.75 Å². The van der Waals surface area contributed by atoms with Crippen LogP contribution in [0.1, 0.15) is 57.7 Å². The highest BCUT2D eigenvalue weighted by molar-refractivity contribution is 5.86. The first kappa shape index (κ1) is 28.5. The number of hydrogen-bond acceptors (Lipinski definition) is 6. The minimum absolute atomic E-state index is 0.167. The van der Waals surface area contributed by atoms with Gasteiger partial charge in [-0.05, 0) is 63.8 Å². The zero-order chi connectivity index (χ0) is 26.6. The Morgan fingerprint density at radius 3 is 2.33 bits per heavy atom. The van der Waals surface area contributed by atoms with E-state index in [2.05, 4.69) is 16.0 Å². The van der Waals surface area contributed by atoms with Crippen molar-refractivity contribution in [1.29, 1.82) is 0 Å². The molecule has 0 saturated heterocycles. The minimum atomic E-state index is -0.852. The van der Waals surface area contributed by atoms with Gasteiger partial charge in [-0.25, -0.2) is 9.59 Å². The van der Waals surface area contributed by atoms with Gasteiger partial charge < -0.3 is 30.2 Å².